The number of aliphatic imine (C=N–C) groups is 1. The minimum atomic E-state index is -1.09. The summed E-state index contributed by atoms with van der Waals surface area (Å²) in [6, 6.07) is 9.32. The van der Waals surface area contributed by atoms with Crippen molar-refractivity contribution in [1.82, 2.24) is 30.2 Å². The van der Waals surface area contributed by atoms with Crippen LogP contribution in [0.3, 0.4) is 0 Å². The number of benzene rings is 1. The second-order valence-corrected chi connectivity index (χ2v) is 7.68. The number of anilines is 1. The fourth-order valence-corrected chi connectivity index (χ4v) is 3.06. The van der Waals surface area contributed by atoms with Crippen molar-refractivity contribution >= 4 is 17.6 Å². The van der Waals surface area contributed by atoms with Crippen molar-refractivity contribution in [3.05, 3.63) is 66.2 Å². The van der Waals surface area contributed by atoms with Crippen molar-refractivity contribution in [2.24, 2.45) is 12.0 Å². The number of rotatable bonds is 9. The zero-order valence-corrected chi connectivity index (χ0v) is 18.6. The maximum Gasteiger partial charge on any atom is 0.246 e. The first-order valence-electron chi connectivity index (χ1n) is 10.5. The van der Waals surface area contributed by atoms with Crippen molar-refractivity contribution in [1.29, 1.82) is 0 Å². The number of nitrogens with zero attached hydrogens (tertiary/aromatic N) is 5. The molecule has 2 aromatic heterocycles. The summed E-state index contributed by atoms with van der Waals surface area (Å²) in [6.07, 6.45) is 6.82. The van der Waals surface area contributed by atoms with Gasteiger partial charge in [-0.15, -0.1) is 0 Å². The number of amides is 1. The van der Waals surface area contributed by atoms with Crippen LogP contribution in [0.25, 0.3) is 0 Å². The van der Waals surface area contributed by atoms with Crippen molar-refractivity contribution in [2.75, 3.05) is 18.4 Å². The Labute approximate surface area is 187 Å². The monoisotopic (exact) mass is 438 g/mol. The van der Waals surface area contributed by atoms with Crippen LogP contribution in [0.2, 0.25) is 0 Å². The van der Waals surface area contributed by atoms with Gasteiger partial charge in [0, 0.05) is 43.4 Å². The van der Waals surface area contributed by atoms with E-state index in [-0.39, 0.29) is 19.0 Å². The number of carbonyl (C=O) groups excluding carboxylic acids is 1. The van der Waals surface area contributed by atoms with Crippen molar-refractivity contribution in [3.8, 4) is 0 Å². The van der Waals surface area contributed by atoms with E-state index in [0.29, 0.717) is 24.7 Å². The molecule has 170 valence electrons. The predicted octanol–water partition coefficient (Wildman–Crippen LogP) is 1.22. The highest BCUT2D eigenvalue weighted by atomic mass is 16.3. The molecule has 1 atom stereocenters. The first-order valence-corrected chi connectivity index (χ1v) is 10.5. The van der Waals surface area contributed by atoms with Crippen LogP contribution in [0.1, 0.15) is 25.0 Å². The average Bonchev–Trinajstić information content (AvgIpc) is 3.42. The summed E-state index contributed by atoms with van der Waals surface area (Å²) < 4.78 is 3.22. The molecule has 1 amide bonds. The van der Waals surface area contributed by atoms with Crippen LogP contribution in [0, 0.1) is 0 Å². The van der Waals surface area contributed by atoms with Crippen LogP contribution in [0.5, 0.6) is 0 Å². The second-order valence-electron chi connectivity index (χ2n) is 7.68. The van der Waals surface area contributed by atoms with Crippen LogP contribution in [-0.4, -0.2) is 49.6 Å². The van der Waals surface area contributed by atoms with Crippen LogP contribution in [0.4, 0.5) is 5.69 Å². The zero-order valence-electron chi connectivity index (χ0n) is 18.6. The molecule has 0 spiro atoms. The molecule has 1 unspecified atom stereocenters. The average molecular weight is 439 g/mol. The molecule has 0 bridgehead atoms. The highest BCUT2D eigenvalue weighted by Crippen LogP contribution is 2.18. The molecule has 10 nitrogen and oxygen atoms in total. The molecule has 1 aromatic carbocycles. The van der Waals surface area contributed by atoms with Gasteiger partial charge in [0.25, 0.3) is 0 Å². The number of guanidine groups is 1. The maximum absolute atomic E-state index is 12.2. The fourth-order valence-electron chi connectivity index (χ4n) is 3.06. The van der Waals surface area contributed by atoms with Gasteiger partial charge in [-0.1, -0.05) is 12.1 Å². The zero-order chi connectivity index (χ0) is 23.0. The highest BCUT2D eigenvalue weighted by Gasteiger charge is 2.25. The minimum Gasteiger partial charge on any atom is -0.383 e. The number of aliphatic hydroxyl groups is 1. The third-order valence-electron chi connectivity index (χ3n) is 4.77. The third-order valence-corrected chi connectivity index (χ3v) is 4.77. The lowest BCUT2D eigenvalue weighted by Gasteiger charge is -2.23. The van der Waals surface area contributed by atoms with E-state index in [1.807, 2.05) is 38.2 Å². The Morgan fingerprint density at radius 2 is 2.09 bits per heavy atom. The van der Waals surface area contributed by atoms with Gasteiger partial charge in [-0.2, -0.15) is 10.2 Å². The number of aromatic nitrogens is 4. The summed E-state index contributed by atoms with van der Waals surface area (Å²) in [4.78, 5) is 16.8. The van der Waals surface area contributed by atoms with Crippen molar-refractivity contribution < 1.29 is 9.90 Å². The molecular formula is C22H30N8O2. The molecule has 2 heterocycles. The molecule has 0 radical (unpaired) electrons. The molecule has 10 heteroatoms. The summed E-state index contributed by atoms with van der Waals surface area (Å²) in [5.74, 6) is 0.437. The fraction of sp³-hybridized carbons (Fsp3) is 0.364. The summed E-state index contributed by atoms with van der Waals surface area (Å²) in [7, 11) is 1.81. The minimum absolute atomic E-state index is 0.151. The summed E-state index contributed by atoms with van der Waals surface area (Å²) in [5, 5.41) is 28.2. The number of hydrogen-bond acceptors (Lipinski definition) is 5. The number of aryl methyl sites for hydroxylation is 1. The van der Waals surface area contributed by atoms with Gasteiger partial charge >= 0.3 is 0 Å². The topological polar surface area (TPSA) is 121 Å². The molecule has 32 heavy (non-hydrogen) atoms. The Bertz CT molecular complexity index is 1040. The van der Waals surface area contributed by atoms with Crippen molar-refractivity contribution in [3.63, 3.8) is 0 Å². The SMILES string of the molecule is CCNC(=NCc1cccc(NC(=O)Cn2cccn2)c1)NCC(C)(O)c1cnn(C)c1. The quantitative estimate of drug-likeness (QED) is 0.294. The normalized spacial score (nSPS) is 13.4. The summed E-state index contributed by atoms with van der Waals surface area (Å²) >= 11 is 0. The molecule has 3 aromatic rings. The van der Waals surface area contributed by atoms with E-state index in [9.17, 15) is 9.90 Å². The Balaban J connectivity index is 1.59. The Morgan fingerprint density at radius 1 is 1.25 bits per heavy atom. The standard InChI is InChI=1S/C22H30N8O2/c1-4-23-21(25-16-22(2,32)18-13-27-29(3)14-18)24-12-17-7-5-8-19(11-17)28-20(31)15-30-10-6-9-26-30/h5-11,13-14,32H,4,12,15-16H2,1-3H3,(H,28,31)(H2,23,24,25). The predicted molar refractivity (Wildman–Crippen MR) is 123 cm³/mol. The smallest absolute Gasteiger partial charge is 0.246 e. The van der Waals surface area contributed by atoms with Gasteiger partial charge in [-0.05, 0) is 37.6 Å². The van der Waals surface area contributed by atoms with Crippen LogP contribution >= 0.6 is 0 Å². The molecule has 0 aliphatic rings. The molecule has 0 saturated carbocycles. The molecular weight excluding hydrogens is 408 g/mol. The lowest BCUT2D eigenvalue weighted by atomic mass is 10.00. The molecule has 0 aliphatic carbocycles. The van der Waals surface area contributed by atoms with Gasteiger partial charge in [0.05, 0.1) is 19.3 Å². The van der Waals surface area contributed by atoms with E-state index in [2.05, 4.69) is 31.1 Å². The van der Waals surface area contributed by atoms with Gasteiger partial charge in [-0.3, -0.25) is 14.2 Å². The van der Waals surface area contributed by atoms with Crippen LogP contribution < -0.4 is 16.0 Å². The molecule has 0 fully saturated rings. The van der Waals surface area contributed by atoms with Gasteiger partial charge in [0.15, 0.2) is 5.96 Å². The van der Waals surface area contributed by atoms with E-state index >= 15 is 0 Å². The number of carbonyl (C=O) groups is 1. The van der Waals surface area contributed by atoms with Gasteiger partial charge in [-0.25, -0.2) is 4.99 Å². The second kappa shape index (κ2) is 10.6. The van der Waals surface area contributed by atoms with E-state index in [1.54, 1.807) is 47.1 Å². The van der Waals surface area contributed by atoms with Gasteiger partial charge in [0.1, 0.15) is 12.1 Å². The lowest BCUT2D eigenvalue weighted by Crippen LogP contribution is -2.44. The Morgan fingerprint density at radius 3 is 2.78 bits per heavy atom. The van der Waals surface area contributed by atoms with Crippen LogP contribution in [-0.2, 0) is 30.5 Å². The van der Waals surface area contributed by atoms with Gasteiger partial charge in [0.2, 0.25) is 5.91 Å². The molecule has 0 saturated heterocycles. The number of hydrogen-bond donors (Lipinski definition) is 4. The Hall–Kier alpha value is -3.66. The first-order chi connectivity index (χ1) is 15.4. The third kappa shape index (κ3) is 6.67. The highest BCUT2D eigenvalue weighted by molar-refractivity contribution is 5.90. The molecule has 3 rings (SSSR count). The number of nitrogens with one attached hydrogen (secondary N) is 3. The molecule has 4 N–H and O–H groups in total. The largest absolute Gasteiger partial charge is 0.383 e. The first kappa shape index (κ1) is 23.0. The maximum atomic E-state index is 12.2. The van der Waals surface area contributed by atoms with E-state index in [4.69, 9.17) is 0 Å². The molecule has 0 aliphatic heterocycles. The van der Waals surface area contributed by atoms with E-state index in [0.717, 1.165) is 11.1 Å². The summed E-state index contributed by atoms with van der Waals surface area (Å²) in [6.45, 7) is 5.23. The van der Waals surface area contributed by atoms with E-state index in [1.165, 1.54) is 0 Å². The Kier molecular flexibility index (Phi) is 7.61. The van der Waals surface area contributed by atoms with Crippen LogP contribution in [0.15, 0.2) is 60.1 Å². The lowest BCUT2D eigenvalue weighted by molar-refractivity contribution is -0.116. The summed E-state index contributed by atoms with van der Waals surface area (Å²) in [5.41, 5.74) is 1.27. The van der Waals surface area contributed by atoms with E-state index < -0.39 is 5.60 Å². The van der Waals surface area contributed by atoms with Gasteiger partial charge < -0.3 is 21.1 Å². The van der Waals surface area contributed by atoms with Crippen molar-refractivity contribution in [2.45, 2.75) is 32.5 Å².